The van der Waals surface area contributed by atoms with Crippen LogP contribution in [0.3, 0.4) is 0 Å². The first kappa shape index (κ1) is 18.2. The Morgan fingerprint density at radius 1 is 1.14 bits per heavy atom. The van der Waals surface area contributed by atoms with Crippen LogP contribution in [-0.4, -0.2) is 27.5 Å². The van der Waals surface area contributed by atoms with Crippen LogP contribution in [0.2, 0.25) is 0 Å². The van der Waals surface area contributed by atoms with E-state index in [1.165, 1.54) is 5.56 Å². The Balaban J connectivity index is 1.50. The van der Waals surface area contributed by atoms with E-state index in [1.807, 2.05) is 73.4 Å². The van der Waals surface area contributed by atoms with Crippen LogP contribution >= 0.6 is 0 Å². The molecule has 1 aliphatic heterocycles. The maximum atomic E-state index is 12.7. The second-order valence-electron chi connectivity index (χ2n) is 7.26. The summed E-state index contributed by atoms with van der Waals surface area (Å²) in [5.41, 5.74) is 4.27. The third kappa shape index (κ3) is 3.88. The van der Waals surface area contributed by atoms with Gasteiger partial charge in [0.2, 0.25) is 17.6 Å². The number of carbonyl (C=O) groups is 1. The summed E-state index contributed by atoms with van der Waals surface area (Å²) in [5, 5.41) is 4.13. The Morgan fingerprint density at radius 2 is 1.96 bits per heavy atom. The second-order valence-corrected chi connectivity index (χ2v) is 7.26. The number of nitrogens with zero attached hydrogens (tertiary/aromatic N) is 3. The highest BCUT2D eigenvalue weighted by Gasteiger charge is 2.33. The number of aryl methyl sites for hydroxylation is 2. The molecule has 4 rings (SSSR count). The highest BCUT2D eigenvalue weighted by Crippen LogP contribution is 2.32. The number of carbonyl (C=O) groups excluding carboxylic acids is 1. The molecule has 1 saturated heterocycles. The van der Waals surface area contributed by atoms with Crippen LogP contribution in [0.5, 0.6) is 0 Å². The molecule has 0 bridgehead atoms. The minimum absolute atomic E-state index is 0.0293. The van der Waals surface area contributed by atoms with Gasteiger partial charge < -0.3 is 9.42 Å². The first-order valence-corrected chi connectivity index (χ1v) is 9.56. The number of likely N-dealkylation sites (tertiary alicyclic amines) is 1. The molecular formula is C23H23N3O2. The molecule has 2 heterocycles. The maximum absolute atomic E-state index is 12.7. The standard InChI is InChI=1S/C23H23N3O2/c1-16-8-10-18(11-9-16)12-13-21(27)26-14-4-7-20(26)23-24-22(25-28-23)19-6-3-5-17(2)15-19/h3,5-6,8-13,15,20H,4,7,14H2,1-2H3. The van der Waals surface area contributed by atoms with E-state index in [9.17, 15) is 4.79 Å². The van der Waals surface area contributed by atoms with Crippen LogP contribution < -0.4 is 0 Å². The molecule has 1 amide bonds. The Kier molecular flexibility index (Phi) is 5.06. The van der Waals surface area contributed by atoms with Crippen LogP contribution in [0.25, 0.3) is 17.5 Å². The summed E-state index contributed by atoms with van der Waals surface area (Å²) in [7, 11) is 0. The van der Waals surface area contributed by atoms with Crippen molar-refractivity contribution in [2.75, 3.05) is 6.54 Å². The van der Waals surface area contributed by atoms with Gasteiger partial charge in [-0.3, -0.25) is 4.79 Å². The quantitative estimate of drug-likeness (QED) is 0.620. The molecule has 0 radical (unpaired) electrons. The lowest BCUT2D eigenvalue weighted by molar-refractivity contribution is -0.127. The van der Waals surface area contributed by atoms with Crippen molar-refractivity contribution in [1.29, 1.82) is 0 Å². The fraction of sp³-hybridized carbons (Fsp3) is 0.261. The number of amides is 1. The topological polar surface area (TPSA) is 59.2 Å². The van der Waals surface area contributed by atoms with E-state index in [0.717, 1.165) is 29.5 Å². The van der Waals surface area contributed by atoms with Crippen LogP contribution in [0.1, 0.15) is 41.5 Å². The van der Waals surface area contributed by atoms with Crippen molar-refractivity contribution in [1.82, 2.24) is 15.0 Å². The smallest absolute Gasteiger partial charge is 0.249 e. The van der Waals surface area contributed by atoms with Crippen molar-refractivity contribution in [2.45, 2.75) is 32.7 Å². The van der Waals surface area contributed by atoms with Gasteiger partial charge >= 0.3 is 0 Å². The second kappa shape index (κ2) is 7.80. The van der Waals surface area contributed by atoms with Crippen molar-refractivity contribution in [3.05, 3.63) is 77.2 Å². The van der Waals surface area contributed by atoms with Crippen LogP contribution in [0.15, 0.2) is 59.1 Å². The SMILES string of the molecule is Cc1ccc(C=CC(=O)N2CCCC2c2nc(-c3cccc(C)c3)no2)cc1. The average molecular weight is 373 g/mol. The predicted molar refractivity (Wildman–Crippen MR) is 108 cm³/mol. The zero-order valence-electron chi connectivity index (χ0n) is 16.1. The molecule has 1 aliphatic rings. The van der Waals surface area contributed by atoms with E-state index in [4.69, 9.17) is 4.52 Å². The molecule has 0 saturated carbocycles. The number of rotatable bonds is 4. The molecule has 0 spiro atoms. The van der Waals surface area contributed by atoms with Crippen molar-refractivity contribution in [2.24, 2.45) is 0 Å². The Hall–Kier alpha value is -3.21. The molecule has 142 valence electrons. The molecule has 5 nitrogen and oxygen atoms in total. The van der Waals surface area contributed by atoms with E-state index in [-0.39, 0.29) is 11.9 Å². The zero-order valence-corrected chi connectivity index (χ0v) is 16.1. The highest BCUT2D eigenvalue weighted by atomic mass is 16.5. The molecule has 3 aromatic rings. The summed E-state index contributed by atoms with van der Waals surface area (Å²) in [6.45, 7) is 4.77. The van der Waals surface area contributed by atoms with Crippen molar-refractivity contribution < 1.29 is 9.32 Å². The molecular weight excluding hydrogens is 350 g/mol. The summed E-state index contributed by atoms with van der Waals surface area (Å²) in [6.07, 6.45) is 5.24. The molecule has 0 N–H and O–H groups in total. The molecule has 1 fully saturated rings. The van der Waals surface area contributed by atoms with Gasteiger partial charge in [0, 0.05) is 18.2 Å². The Morgan fingerprint density at radius 3 is 2.75 bits per heavy atom. The lowest BCUT2D eigenvalue weighted by Gasteiger charge is -2.20. The fourth-order valence-electron chi connectivity index (χ4n) is 3.50. The van der Waals surface area contributed by atoms with E-state index >= 15 is 0 Å². The third-order valence-corrected chi connectivity index (χ3v) is 5.03. The summed E-state index contributed by atoms with van der Waals surface area (Å²) >= 11 is 0. The molecule has 28 heavy (non-hydrogen) atoms. The molecule has 2 aromatic carbocycles. The highest BCUT2D eigenvalue weighted by molar-refractivity contribution is 5.92. The van der Waals surface area contributed by atoms with Crippen molar-refractivity contribution in [3.63, 3.8) is 0 Å². The van der Waals surface area contributed by atoms with Gasteiger partial charge in [-0.1, -0.05) is 58.7 Å². The fourth-order valence-corrected chi connectivity index (χ4v) is 3.50. The van der Waals surface area contributed by atoms with Gasteiger partial charge in [-0.25, -0.2) is 0 Å². The Labute approximate surface area is 164 Å². The molecule has 5 heteroatoms. The molecule has 0 aliphatic carbocycles. The largest absolute Gasteiger partial charge is 0.337 e. The van der Waals surface area contributed by atoms with E-state index in [0.29, 0.717) is 18.3 Å². The average Bonchev–Trinajstić information content (AvgIpc) is 3.36. The van der Waals surface area contributed by atoms with Gasteiger partial charge in [-0.15, -0.1) is 0 Å². The number of hydrogen-bond donors (Lipinski definition) is 0. The summed E-state index contributed by atoms with van der Waals surface area (Å²) in [6, 6.07) is 15.9. The van der Waals surface area contributed by atoms with E-state index < -0.39 is 0 Å². The van der Waals surface area contributed by atoms with Gasteiger partial charge in [0.25, 0.3) is 0 Å². The van der Waals surface area contributed by atoms with Gasteiger partial charge in [0.1, 0.15) is 6.04 Å². The molecule has 1 aromatic heterocycles. The van der Waals surface area contributed by atoms with Crippen molar-refractivity contribution in [3.8, 4) is 11.4 Å². The lowest BCUT2D eigenvalue weighted by atomic mass is 10.1. The minimum atomic E-state index is -0.166. The summed E-state index contributed by atoms with van der Waals surface area (Å²) in [4.78, 5) is 19.1. The number of benzene rings is 2. The predicted octanol–water partition coefficient (Wildman–Crippen LogP) is 4.73. The van der Waals surface area contributed by atoms with E-state index in [2.05, 4.69) is 10.1 Å². The van der Waals surface area contributed by atoms with Crippen LogP contribution in [0.4, 0.5) is 0 Å². The lowest BCUT2D eigenvalue weighted by Crippen LogP contribution is -2.29. The first-order chi connectivity index (χ1) is 13.6. The third-order valence-electron chi connectivity index (χ3n) is 5.03. The Bertz CT molecular complexity index is 1000. The van der Waals surface area contributed by atoms with Crippen LogP contribution in [-0.2, 0) is 4.79 Å². The van der Waals surface area contributed by atoms with E-state index in [1.54, 1.807) is 6.08 Å². The van der Waals surface area contributed by atoms with Gasteiger partial charge in [0.05, 0.1) is 0 Å². The van der Waals surface area contributed by atoms with Crippen molar-refractivity contribution >= 4 is 12.0 Å². The normalized spacial score (nSPS) is 16.8. The monoisotopic (exact) mass is 373 g/mol. The molecule has 1 atom stereocenters. The maximum Gasteiger partial charge on any atom is 0.249 e. The number of aromatic nitrogens is 2. The summed E-state index contributed by atoms with van der Waals surface area (Å²) < 4.78 is 5.52. The van der Waals surface area contributed by atoms with Gasteiger partial charge in [-0.2, -0.15) is 4.98 Å². The van der Waals surface area contributed by atoms with Crippen LogP contribution in [0, 0.1) is 13.8 Å². The van der Waals surface area contributed by atoms with Gasteiger partial charge in [0.15, 0.2) is 0 Å². The van der Waals surface area contributed by atoms with Gasteiger partial charge in [-0.05, 0) is 44.4 Å². The minimum Gasteiger partial charge on any atom is -0.337 e. The number of hydrogen-bond acceptors (Lipinski definition) is 4. The first-order valence-electron chi connectivity index (χ1n) is 9.56. The zero-order chi connectivity index (χ0) is 19.5. The molecule has 1 unspecified atom stereocenters. The summed E-state index contributed by atoms with van der Waals surface area (Å²) in [5.74, 6) is 1.04.